The van der Waals surface area contributed by atoms with Crippen molar-refractivity contribution >= 4 is 41.6 Å². The second-order valence-corrected chi connectivity index (χ2v) is 17.7. The summed E-state index contributed by atoms with van der Waals surface area (Å²) in [6.07, 6.45) is 6.65. The molecule has 0 N–H and O–H groups in total. The van der Waals surface area contributed by atoms with E-state index in [1.807, 2.05) is 17.0 Å². The molecule has 0 saturated carbocycles. The van der Waals surface area contributed by atoms with Gasteiger partial charge in [-0.3, -0.25) is 9.69 Å². The zero-order valence-electron chi connectivity index (χ0n) is 22.3. The van der Waals surface area contributed by atoms with Gasteiger partial charge >= 0.3 is 0 Å². The first-order valence-electron chi connectivity index (χ1n) is 13.2. The van der Waals surface area contributed by atoms with Crippen molar-refractivity contribution in [3.63, 3.8) is 0 Å². The van der Waals surface area contributed by atoms with Crippen LogP contribution in [0.5, 0.6) is 0 Å². The van der Waals surface area contributed by atoms with Crippen LogP contribution in [0.15, 0.2) is 59.8 Å². The van der Waals surface area contributed by atoms with E-state index >= 15 is 0 Å². The highest BCUT2D eigenvalue weighted by atomic mass is 35.5. The Hall–Kier alpha value is -2.45. The average molecular weight is 537 g/mol. The van der Waals surface area contributed by atoms with Crippen LogP contribution in [0.4, 0.5) is 0 Å². The van der Waals surface area contributed by atoms with Crippen molar-refractivity contribution in [1.29, 1.82) is 0 Å². The minimum atomic E-state index is -1.17. The number of nitrogens with zero attached hydrogens (tertiary/aromatic N) is 4. The molecule has 4 heterocycles. The zero-order chi connectivity index (χ0) is 26.2. The molecule has 1 aliphatic rings. The summed E-state index contributed by atoms with van der Waals surface area (Å²) in [4.78, 5) is 20.1. The quantitative estimate of drug-likeness (QED) is 0.193. The number of aromatic nitrogens is 3. The van der Waals surface area contributed by atoms with E-state index in [0.717, 1.165) is 55.3 Å². The first kappa shape index (κ1) is 26.2. The monoisotopic (exact) mass is 536 g/mol. The molecule has 0 unspecified atom stereocenters. The smallest absolute Gasteiger partial charge is 0.190 e. The lowest BCUT2D eigenvalue weighted by Gasteiger charge is -2.39. The molecule has 0 amide bonds. The molecule has 1 aromatic carbocycles. The first-order valence-corrected chi connectivity index (χ1v) is 17.3. The van der Waals surface area contributed by atoms with Gasteiger partial charge in [0.2, 0.25) is 0 Å². The van der Waals surface area contributed by atoms with Crippen LogP contribution >= 0.6 is 11.6 Å². The van der Waals surface area contributed by atoms with Gasteiger partial charge in [-0.1, -0.05) is 68.5 Å². The van der Waals surface area contributed by atoms with Crippen LogP contribution in [0.1, 0.15) is 24.9 Å². The van der Waals surface area contributed by atoms with Gasteiger partial charge < -0.3 is 13.9 Å². The Morgan fingerprint density at radius 2 is 1.95 bits per heavy atom. The Morgan fingerprint density at radius 3 is 2.70 bits per heavy atom. The SMILES string of the molecule is C[C@@H]1CCN(Cc2ccccc2)C[C@@H]1n1ccc(=O)c2cnc3c(c(Cl)cn3COCC[Si](C)(C)C)c21. The topological polar surface area (TPSA) is 52.3 Å². The maximum absolute atomic E-state index is 12.9. The van der Waals surface area contributed by atoms with Crippen molar-refractivity contribution in [2.75, 3.05) is 19.7 Å². The van der Waals surface area contributed by atoms with Crippen LogP contribution < -0.4 is 5.43 Å². The number of piperidine rings is 1. The number of likely N-dealkylation sites (tertiary alicyclic amines) is 1. The van der Waals surface area contributed by atoms with E-state index < -0.39 is 8.07 Å². The van der Waals surface area contributed by atoms with Gasteiger partial charge in [0.1, 0.15) is 12.4 Å². The lowest BCUT2D eigenvalue weighted by Crippen LogP contribution is -2.40. The van der Waals surface area contributed by atoms with E-state index in [0.29, 0.717) is 23.1 Å². The minimum absolute atomic E-state index is 0.0274. The van der Waals surface area contributed by atoms with Gasteiger partial charge in [-0.15, -0.1) is 0 Å². The van der Waals surface area contributed by atoms with Crippen LogP contribution in [-0.2, 0) is 18.0 Å². The summed E-state index contributed by atoms with van der Waals surface area (Å²) < 4.78 is 10.3. The lowest BCUT2D eigenvalue weighted by molar-refractivity contribution is 0.0899. The Labute approximate surface area is 224 Å². The second-order valence-electron chi connectivity index (χ2n) is 11.7. The average Bonchev–Trinajstić information content (AvgIpc) is 3.19. The van der Waals surface area contributed by atoms with E-state index in [1.165, 1.54) is 5.56 Å². The predicted molar refractivity (Wildman–Crippen MR) is 155 cm³/mol. The van der Waals surface area contributed by atoms with E-state index in [1.54, 1.807) is 12.3 Å². The molecule has 1 saturated heterocycles. The van der Waals surface area contributed by atoms with Crippen molar-refractivity contribution in [1.82, 2.24) is 19.0 Å². The van der Waals surface area contributed by atoms with Crippen LogP contribution in [0, 0.1) is 5.92 Å². The maximum atomic E-state index is 12.9. The van der Waals surface area contributed by atoms with Crippen molar-refractivity contribution in [2.24, 2.45) is 5.92 Å². The molecule has 2 atom stereocenters. The molecule has 1 fully saturated rings. The summed E-state index contributed by atoms with van der Waals surface area (Å²) in [6.45, 7) is 13.4. The molecular weight excluding hydrogens is 500 g/mol. The molecule has 8 heteroatoms. The summed E-state index contributed by atoms with van der Waals surface area (Å²) in [7, 11) is -1.17. The van der Waals surface area contributed by atoms with E-state index in [4.69, 9.17) is 16.3 Å². The third kappa shape index (κ3) is 5.70. The van der Waals surface area contributed by atoms with Crippen LogP contribution in [-0.4, -0.2) is 46.8 Å². The van der Waals surface area contributed by atoms with Crippen LogP contribution in [0.3, 0.4) is 0 Å². The van der Waals surface area contributed by atoms with Crippen molar-refractivity contribution in [2.45, 2.75) is 58.3 Å². The Bertz CT molecular complexity index is 1440. The normalized spacial score (nSPS) is 19.2. The van der Waals surface area contributed by atoms with Crippen molar-refractivity contribution in [3.05, 3.63) is 75.8 Å². The summed E-state index contributed by atoms with van der Waals surface area (Å²) in [5.74, 6) is 0.465. The van der Waals surface area contributed by atoms with Gasteiger partial charge in [0.05, 0.1) is 21.3 Å². The van der Waals surface area contributed by atoms with Gasteiger partial charge in [-0.05, 0) is 30.5 Å². The van der Waals surface area contributed by atoms with Gasteiger partial charge in [-0.25, -0.2) is 4.98 Å². The van der Waals surface area contributed by atoms with Crippen molar-refractivity contribution in [3.8, 4) is 0 Å². The highest BCUT2D eigenvalue weighted by molar-refractivity contribution is 6.76. The Morgan fingerprint density at radius 1 is 1.16 bits per heavy atom. The highest BCUT2D eigenvalue weighted by Crippen LogP contribution is 2.35. The number of hydrogen-bond donors (Lipinski definition) is 0. The fourth-order valence-corrected chi connectivity index (χ4v) is 6.38. The lowest BCUT2D eigenvalue weighted by atomic mass is 9.92. The zero-order valence-corrected chi connectivity index (χ0v) is 24.0. The molecule has 3 aromatic heterocycles. The number of halogens is 1. The molecule has 4 aromatic rings. The summed E-state index contributed by atoms with van der Waals surface area (Å²) in [6, 6.07) is 13.6. The van der Waals surface area contributed by atoms with Gasteiger partial charge in [0.15, 0.2) is 5.43 Å². The second kappa shape index (κ2) is 10.7. The van der Waals surface area contributed by atoms with E-state index in [2.05, 4.69) is 71.3 Å². The van der Waals surface area contributed by atoms with Gasteiger partial charge in [-0.2, -0.15) is 0 Å². The number of fused-ring (bicyclic) bond motifs is 3. The first-order chi connectivity index (χ1) is 17.7. The number of ether oxygens (including phenoxy) is 1. The van der Waals surface area contributed by atoms with Crippen LogP contribution in [0.2, 0.25) is 30.7 Å². The molecule has 6 nitrogen and oxygen atoms in total. The molecule has 5 rings (SSSR count). The molecule has 1 aliphatic heterocycles. The molecule has 196 valence electrons. The number of hydrogen-bond acceptors (Lipinski definition) is 4. The highest BCUT2D eigenvalue weighted by Gasteiger charge is 2.29. The fourth-order valence-electron chi connectivity index (χ4n) is 5.33. The van der Waals surface area contributed by atoms with E-state index in [-0.39, 0.29) is 11.5 Å². The number of rotatable bonds is 8. The van der Waals surface area contributed by atoms with Crippen LogP contribution in [0.25, 0.3) is 21.9 Å². The molecule has 37 heavy (non-hydrogen) atoms. The Kier molecular flexibility index (Phi) is 7.59. The predicted octanol–water partition coefficient (Wildman–Crippen LogP) is 6.40. The molecule has 0 bridgehead atoms. The summed E-state index contributed by atoms with van der Waals surface area (Å²) >= 11 is 6.84. The fraction of sp³-hybridized carbons (Fsp3) is 0.448. The number of benzene rings is 1. The standard InChI is InChI=1S/C29H37ClN4O2Si/c1-21-10-12-32(17-22-8-6-5-7-9-22)19-25(21)34-13-11-26(35)23-16-31-29-27(28(23)34)24(30)18-33(29)20-36-14-15-37(2,3)4/h5-9,11,13,16,18,21,25H,10,12,14-15,17,19-20H2,1-4H3/t21-,25+/m1/s1. The third-order valence-corrected chi connectivity index (χ3v) is 9.55. The molecule has 0 spiro atoms. The van der Waals surface area contributed by atoms with E-state index in [9.17, 15) is 4.79 Å². The molecule has 0 radical (unpaired) electrons. The summed E-state index contributed by atoms with van der Waals surface area (Å²) in [5.41, 5.74) is 2.93. The largest absolute Gasteiger partial charge is 0.361 e. The van der Waals surface area contributed by atoms with Crippen molar-refractivity contribution < 1.29 is 4.74 Å². The minimum Gasteiger partial charge on any atom is -0.361 e. The van der Waals surface area contributed by atoms with Gasteiger partial charge in [0.25, 0.3) is 0 Å². The molecule has 0 aliphatic carbocycles. The van der Waals surface area contributed by atoms with Gasteiger partial charge in [0, 0.05) is 58.5 Å². The summed E-state index contributed by atoms with van der Waals surface area (Å²) in [5, 5.41) is 2.05. The number of pyridine rings is 2. The molecular formula is C29H37ClN4O2Si. The third-order valence-electron chi connectivity index (χ3n) is 7.56. The Balaban J connectivity index is 1.51. The maximum Gasteiger partial charge on any atom is 0.190 e.